The van der Waals surface area contributed by atoms with Crippen LogP contribution in [0.25, 0.3) is 15.7 Å². The number of hydrogen-bond donors (Lipinski definition) is 2. The van der Waals surface area contributed by atoms with Crippen molar-refractivity contribution in [1.29, 1.82) is 0 Å². The minimum Gasteiger partial charge on any atom is -0.496 e. The van der Waals surface area contributed by atoms with E-state index in [-0.39, 0.29) is 12.1 Å². The number of aryl methyl sites for hydroxylation is 1. The highest BCUT2D eigenvalue weighted by Crippen LogP contribution is 2.55. The van der Waals surface area contributed by atoms with E-state index in [0.717, 1.165) is 108 Å². The van der Waals surface area contributed by atoms with Gasteiger partial charge in [-0.15, -0.1) is 21.5 Å². The summed E-state index contributed by atoms with van der Waals surface area (Å²) < 4.78 is 49.1. The first-order chi connectivity index (χ1) is 23.9. The van der Waals surface area contributed by atoms with E-state index in [1.807, 2.05) is 24.4 Å². The molecule has 13 heteroatoms. The molecule has 2 unspecified atom stereocenters. The molecule has 0 saturated carbocycles. The first kappa shape index (κ1) is 31.2. The lowest BCUT2D eigenvalue weighted by molar-refractivity contribution is 0.0639. The lowest BCUT2D eigenvalue weighted by Crippen LogP contribution is -2.32. The zero-order valence-electron chi connectivity index (χ0n) is 27.7. The predicted molar refractivity (Wildman–Crippen MR) is 188 cm³/mol. The average Bonchev–Trinajstić information content (AvgIpc) is 3.95. The van der Waals surface area contributed by atoms with Crippen molar-refractivity contribution in [1.82, 2.24) is 24.8 Å². The van der Waals surface area contributed by atoms with E-state index in [9.17, 15) is 8.42 Å². The molecule has 9 rings (SSSR count). The van der Waals surface area contributed by atoms with Crippen molar-refractivity contribution < 1.29 is 22.3 Å². The Morgan fingerprint density at radius 2 is 2.02 bits per heavy atom. The fourth-order valence-corrected chi connectivity index (χ4v) is 12.1. The largest absolute Gasteiger partial charge is 0.496 e. The quantitative estimate of drug-likeness (QED) is 0.212. The molecule has 3 atom stereocenters. The molecule has 49 heavy (non-hydrogen) atoms. The smallest absolute Gasteiger partial charge is 0.246 e. The summed E-state index contributed by atoms with van der Waals surface area (Å²) in [6.07, 6.45) is 9.13. The van der Waals surface area contributed by atoms with Gasteiger partial charge in [0.1, 0.15) is 11.6 Å². The monoisotopic (exact) mass is 700 g/mol. The second-order valence-corrected chi connectivity index (χ2v) is 16.7. The van der Waals surface area contributed by atoms with Gasteiger partial charge in [0.15, 0.2) is 0 Å². The topological polar surface area (TPSA) is 132 Å². The molecule has 2 N–H and O–H groups in total. The third kappa shape index (κ3) is 5.19. The van der Waals surface area contributed by atoms with Gasteiger partial charge in [0.25, 0.3) is 0 Å². The Balaban J connectivity index is 1.16. The van der Waals surface area contributed by atoms with Gasteiger partial charge in [-0.2, -0.15) is 4.31 Å². The number of nitrogens with one attached hydrogen (secondary N) is 2. The summed E-state index contributed by atoms with van der Waals surface area (Å²) in [5.41, 5.74) is 5.03. The van der Waals surface area contributed by atoms with E-state index in [4.69, 9.17) is 18.9 Å². The second-order valence-electron chi connectivity index (χ2n) is 13.7. The number of sulfonamides is 1. The SMILES string of the molecule is COc1cccc2c1CCC2Nc1nccc2cc(C3C(c4nnc(C)o4)=C(CCC4CCOCC4)NC4=C3S(=O)(=O)N3CCC[C@@H]43)sc12. The predicted octanol–water partition coefficient (Wildman–Crippen LogP) is 6.42. The Morgan fingerprint density at radius 1 is 1.14 bits per heavy atom. The number of nitrogens with zero attached hydrogens (tertiary/aromatic N) is 4. The van der Waals surface area contributed by atoms with Crippen LogP contribution in [0, 0.1) is 12.8 Å². The molecule has 7 heterocycles. The van der Waals surface area contributed by atoms with Gasteiger partial charge in [0.2, 0.25) is 21.8 Å². The number of ether oxygens (including phenoxy) is 2. The van der Waals surface area contributed by atoms with Crippen molar-refractivity contribution in [2.24, 2.45) is 5.92 Å². The maximum atomic E-state index is 14.5. The number of thiophene rings is 1. The summed E-state index contributed by atoms with van der Waals surface area (Å²) in [5, 5.41) is 17.2. The van der Waals surface area contributed by atoms with Gasteiger partial charge in [0.05, 0.1) is 40.4 Å². The third-order valence-corrected chi connectivity index (χ3v) is 14.2. The number of fused-ring (bicyclic) bond motifs is 4. The Morgan fingerprint density at radius 3 is 2.84 bits per heavy atom. The van der Waals surface area contributed by atoms with Crippen molar-refractivity contribution in [3.05, 3.63) is 80.6 Å². The maximum Gasteiger partial charge on any atom is 0.246 e. The lowest BCUT2D eigenvalue weighted by Gasteiger charge is -2.30. The van der Waals surface area contributed by atoms with Gasteiger partial charge in [-0.3, -0.25) is 0 Å². The molecule has 11 nitrogen and oxygen atoms in total. The van der Waals surface area contributed by atoms with Crippen molar-refractivity contribution in [2.75, 3.05) is 32.2 Å². The molecule has 0 amide bonds. The molecule has 5 aliphatic rings. The van der Waals surface area contributed by atoms with E-state index in [1.54, 1.807) is 29.7 Å². The van der Waals surface area contributed by atoms with Gasteiger partial charge >= 0.3 is 0 Å². The Kier molecular flexibility index (Phi) is 7.78. The summed E-state index contributed by atoms with van der Waals surface area (Å²) >= 11 is 1.60. The molecule has 0 radical (unpaired) electrons. The van der Waals surface area contributed by atoms with Crippen LogP contribution in [-0.4, -0.2) is 60.8 Å². The van der Waals surface area contributed by atoms with E-state index in [0.29, 0.717) is 29.1 Å². The van der Waals surface area contributed by atoms with Crippen LogP contribution in [0.1, 0.15) is 84.7 Å². The van der Waals surface area contributed by atoms with Crippen LogP contribution in [0.5, 0.6) is 5.75 Å². The fraction of sp³-hybridized carbons (Fsp3) is 0.472. The number of benzene rings is 1. The van der Waals surface area contributed by atoms with Crippen molar-refractivity contribution in [3.63, 3.8) is 0 Å². The van der Waals surface area contributed by atoms with Gasteiger partial charge in [0, 0.05) is 49.0 Å². The van der Waals surface area contributed by atoms with Crippen LogP contribution in [0.3, 0.4) is 0 Å². The van der Waals surface area contributed by atoms with Crippen molar-refractivity contribution in [3.8, 4) is 5.75 Å². The molecule has 2 fully saturated rings. The molecule has 4 aliphatic heterocycles. The van der Waals surface area contributed by atoms with Crippen LogP contribution >= 0.6 is 11.3 Å². The summed E-state index contributed by atoms with van der Waals surface area (Å²) in [7, 11) is -2.03. The number of pyridine rings is 1. The standard InChI is InChI=1S/C36H40N6O5S2/c1-20-40-41-36(47-20)30-26(10-8-21-13-17-46-18-14-21)38-32-27-6-4-16-42(27)49(43,44)34(32)31(30)29-19-22-12-15-37-35(33(22)48-29)39-25-11-9-24-23(25)5-3-7-28(24)45-2/h3,5,7,12,15,19,21,25,27,31,38H,4,6,8-11,13-14,16-18H2,1-2H3,(H,37,39)/t25?,27-,31?/m0/s1. The average molecular weight is 701 g/mol. The molecular weight excluding hydrogens is 661 g/mol. The minimum absolute atomic E-state index is 0.0953. The summed E-state index contributed by atoms with van der Waals surface area (Å²) in [4.78, 5) is 6.16. The van der Waals surface area contributed by atoms with Gasteiger partial charge < -0.3 is 24.5 Å². The van der Waals surface area contributed by atoms with E-state index in [1.165, 1.54) is 11.1 Å². The molecule has 0 bridgehead atoms. The van der Waals surface area contributed by atoms with E-state index < -0.39 is 15.9 Å². The molecule has 0 spiro atoms. The van der Waals surface area contributed by atoms with E-state index >= 15 is 0 Å². The fourth-order valence-electron chi connectivity index (χ4n) is 8.60. The molecule has 2 saturated heterocycles. The zero-order chi connectivity index (χ0) is 33.3. The molecule has 4 aromatic rings. The highest BCUT2D eigenvalue weighted by atomic mass is 32.2. The van der Waals surface area contributed by atoms with Gasteiger partial charge in [-0.05, 0) is 92.0 Å². The van der Waals surface area contributed by atoms with Crippen molar-refractivity contribution in [2.45, 2.75) is 76.3 Å². The first-order valence-corrected chi connectivity index (χ1v) is 19.6. The number of dihydropyridines is 1. The van der Waals surface area contributed by atoms with Crippen LogP contribution in [0.15, 0.2) is 57.2 Å². The normalized spacial score (nSPS) is 25.1. The third-order valence-electron chi connectivity index (χ3n) is 10.9. The van der Waals surface area contributed by atoms with Crippen LogP contribution in [0.4, 0.5) is 5.82 Å². The minimum atomic E-state index is -3.75. The summed E-state index contributed by atoms with van der Waals surface area (Å²) in [6.45, 7) is 3.87. The van der Waals surface area contributed by atoms with Crippen LogP contribution in [-0.2, 0) is 21.2 Å². The van der Waals surface area contributed by atoms with Crippen LogP contribution in [0.2, 0.25) is 0 Å². The van der Waals surface area contributed by atoms with Gasteiger partial charge in [-0.1, -0.05) is 12.1 Å². The Hall–Kier alpha value is -3.78. The van der Waals surface area contributed by atoms with Crippen molar-refractivity contribution >= 4 is 42.8 Å². The Labute approximate surface area is 289 Å². The van der Waals surface area contributed by atoms with Gasteiger partial charge in [-0.25, -0.2) is 13.4 Å². The lowest BCUT2D eigenvalue weighted by atomic mass is 9.86. The molecule has 1 aliphatic carbocycles. The Bertz CT molecular complexity index is 2110. The summed E-state index contributed by atoms with van der Waals surface area (Å²) in [5.74, 6) is 2.49. The molecule has 1 aromatic carbocycles. The first-order valence-electron chi connectivity index (χ1n) is 17.4. The number of anilines is 1. The number of allylic oxidation sites excluding steroid dienone is 3. The molecule has 3 aromatic heterocycles. The number of methoxy groups -OCH3 is 1. The summed E-state index contributed by atoms with van der Waals surface area (Å²) in [6, 6.07) is 10.3. The highest BCUT2D eigenvalue weighted by molar-refractivity contribution is 7.93. The number of aromatic nitrogens is 3. The maximum absolute atomic E-state index is 14.5. The van der Waals surface area contributed by atoms with E-state index in [2.05, 4.69) is 33.0 Å². The number of rotatable bonds is 8. The zero-order valence-corrected chi connectivity index (χ0v) is 29.3. The number of hydrogen-bond acceptors (Lipinski definition) is 11. The molecule has 256 valence electrons. The van der Waals surface area contributed by atoms with Crippen LogP contribution < -0.4 is 15.4 Å². The highest BCUT2D eigenvalue weighted by Gasteiger charge is 2.54. The second kappa shape index (κ2) is 12.2. The molecular formula is C36H40N6O5S2.